The maximum Gasteiger partial charge on any atom is 0.490 e. The third kappa shape index (κ3) is 9.30. The van der Waals surface area contributed by atoms with Crippen LogP contribution in [0.15, 0.2) is 42.5 Å². The average molecular weight is 618 g/mol. The molecule has 2 atom stereocenters. The molecule has 9 nitrogen and oxygen atoms in total. The second-order valence-corrected chi connectivity index (χ2v) is 10.3. The average Bonchev–Trinajstić information content (AvgIpc) is 3.29. The summed E-state index contributed by atoms with van der Waals surface area (Å²) < 4.78 is 50.8. The Kier molecular flexibility index (Phi) is 11.5. The molecule has 2 heterocycles. The third-order valence-corrected chi connectivity index (χ3v) is 7.13. The van der Waals surface area contributed by atoms with E-state index in [4.69, 9.17) is 26.2 Å². The zero-order valence-corrected chi connectivity index (χ0v) is 23.5. The van der Waals surface area contributed by atoms with E-state index in [2.05, 4.69) is 5.32 Å². The number of alkyl halides is 3. The van der Waals surface area contributed by atoms with Gasteiger partial charge in [-0.05, 0) is 61.7 Å². The molecule has 0 aliphatic carbocycles. The van der Waals surface area contributed by atoms with Gasteiger partial charge in [0.25, 0.3) is 5.91 Å². The van der Waals surface area contributed by atoms with E-state index in [1.165, 1.54) is 12.1 Å². The van der Waals surface area contributed by atoms with Crippen LogP contribution in [0.3, 0.4) is 0 Å². The predicted molar refractivity (Wildman–Crippen MR) is 146 cm³/mol. The molecule has 2 aromatic rings. The number of nitrogens with one attached hydrogen (secondary N) is 1. The van der Waals surface area contributed by atoms with E-state index in [1.807, 2.05) is 9.80 Å². The number of rotatable bonds is 7. The highest BCUT2D eigenvalue weighted by Crippen LogP contribution is 2.28. The Morgan fingerprint density at radius 3 is 2.26 bits per heavy atom. The highest BCUT2D eigenvalue weighted by molar-refractivity contribution is 6.30. The van der Waals surface area contributed by atoms with Gasteiger partial charge in [0.2, 0.25) is 0 Å². The van der Waals surface area contributed by atoms with Gasteiger partial charge in [-0.15, -0.1) is 0 Å². The van der Waals surface area contributed by atoms with Crippen LogP contribution in [-0.4, -0.2) is 90.1 Å². The van der Waals surface area contributed by atoms with Crippen LogP contribution in [-0.2, 0) is 20.7 Å². The molecule has 3 N–H and O–H groups in total. The number of likely N-dealkylation sites (tertiary alicyclic amines) is 1. The number of aliphatic hydroxyl groups excluding tert-OH is 1. The molecular weight excluding hydrogens is 586 g/mol. The standard InChI is InChI=1S/C26H31ClFN3O4.C2HF3O2/c1-2-35-25(33)13-18-5-8-20(28)14-23(18)31-15-22(24(32)16-31)29-21-9-11-30(12-10-21)26(34)17-3-6-19(27)7-4-17;3-2(4,5)1(6)7/h3-8,14,21-22,24,29,32H,2,9-13,15-16H2,1H3;(H,6,7)/t22?,24-;/m1./s1. The van der Waals surface area contributed by atoms with Gasteiger partial charge in [-0.2, -0.15) is 13.2 Å². The summed E-state index contributed by atoms with van der Waals surface area (Å²) in [5, 5.41) is 22.0. The fourth-order valence-corrected chi connectivity index (χ4v) is 4.95. The normalized spacial score (nSPS) is 19.2. The fraction of sp³-hybridized carbons (Fsp3) is 0.464. The van der Waals surface area contributed by atoms with Crippen molar-refractivity contribution in [1.82, 2.24) is 10.2 Å². The van der Waals surface area contributed by atoms with Crippen LogP contribution in [0.5, 0.6) is 0 Å². The molecule has 4 rings (SSSR count). The number of aliphatic hydroxyl groups is 1. The largest absolute Gasteiger partial charge is 0.490 e. The predicted octanol–water partition coefficient (Wildman–Crippen LogP) is 3.66. The summed E-state index contributed by atoms with van der Waals surface area (Å²) in [7, 11) is 0. The second-order valence-electron chi connectivity index (χ2n) is 9.88. The van der Waals surface area contributed by atoms with E-state index in [0.717, 1.165) is 12.8 Å². The number of hydrogen-bond donors (Lipinski definition) is 3. The van der Waals surface area contributed by atoms with Crippen molar-refractivity contribution in [3.8, 4) is 0 Å². The number of amides is 1. The lowest BCUT2D eigenvalue weighted by atomic mass is 10.0. The molecule has 1 unspecified atom stereocenters. The number of esters is 1. The quantitative estimate of drug-likeness (QED) is 0.318. The molecule has 0 spiro atoms. The smallest absolute Gasteiger partial charge is 0.475 e. The fourth-order valence-electron chi connectivity index (χ4n) is 4.82. The number of hydrogen-bond acceptors (Lipinski definition) is 7. The first-order valence-corrected chi connectivity index (χ1v) is 13.6. The molecule has 14 heteroatoms. The van der Waals surface area contributed by atoms with Crippen LogP contribution in [0.2, 0.25) is 5.02 Å². The van der Waals surface area contributed by atoms with Crippen molar-refractivity contribution < 1.29 is 46.9 Å². The summed E-state index contributed by atoms with van der Waals surface area (Å²) in [5.74, 6) is -3.52. The van der Waals surface area contributed by atoms with E-state index in [-0.39, 0.29) is 37.0 Å². The highest BCUT2D eigenvalue weighted by Gasteiger charge is 2.38. The van der Waals surface area contributed by atoms with Gasteiger partial charge in [0.05, 0.1) is 25.2 Å². The molecule has 2 aromatic carbocycles. The minimum absolute atomic E-state index is 0.00701. The summed E-state index contributed by atoms with van der Waals surface area (Å²) in [6, 6.07) is 11.2. The lowest BCUT2D eigenvalue weighted by Crippen LogP contribution is -2.50. The first-order valence-electron chi connectivity index (χ1n) is 13.3. The summed E-state index contributed by atoms with van der Waals surface area (Å²) in [6.45, 7) is 4.11. The number of carboxylic acids is 1. The molecule has 0 aromatic heterocycles. The number of halogens is 5. The third-order valence-electron chi connectivity index (χ3n) is 6.88. The van der Waals surface area contributed by atoms with Crippen LogP contribution in [0.1, 0.15) is 35.7 Å². The van der Waals surface area contributed by atoms with E-state index < -0.39 is 24.1 Å². The number of β-amino-alcohol motifs (C(OH)–C–C–N with tert-alkyl or cyclic N) is 1. The Morgan fingerprint density at radius 2 is 1.69 bits per heavy atom. The monoisotopic (exact) mass is 617 g/mol. The molecule has 0 radical (unpaired) electrons. The molecule has 2 aliphatic heterocycles. The minimum atomic E-state index is -5.08. The maximum absolute atomic E-state index is 14.0. The number of nitrogens with zero attached hydrogens (tertiary/aromatic N) is 2. The zero-order chi connectivity index (χ0) is 31.0. The lowest BCUT2D eigenvalue weighted by Gasteiger charge is -2.34. The minimum Gasteiger partial charge on any atom is -0.475 e. The van der Waals surface area contributed by atoms with Crippen molar-refractivity contribution in [2.24, 2.45) is 0 Å². The van der Waals surface area contributed by atoms with E-state index in [1.54, 1.807) is 37.3 Å². The van der Waals surface area contributed by atoms with Gasteiger partial charge in [-0.25, -0.2) is 9.18 Å². The van der Waals surface area contributed by atoms with Crippen molar-refractivity contribution in [1.29, 1.82) is 0 Å². The molecule has 2 saturated heterocycles. The summed E-state index contributed by atoms with van der Waals surface area (Å²) in [5.41, 5.74) is 1.90. The molecule has 2 fully saturated rings. The van der Waals surface area contributed by atoms with Crippen LogP contribution in [0, 0.1) is 5.82 Å². The zero-order valence-electron chi connectivity index (χ0n) is 22.7. The molecule has 2 aliphatic rings. The number of carboxylic acid groups (broad SMARTS) is 1. The molecule has 42 heavy (non-hydrogen) atoms. The number of piperidine rings is 1. The van der Waals surface area contributed by atoms with Crippen LogP contribution in [0.25, 0.3) is 0 Å². The van der Waals surface area contributed by atoms with Gasteiger partial charge in [0, 0.05) is 48.5 Å². The first kappa shape index (κ1) is 33.1. The molecular formula is C28H32ClF4N3O6. The topological polar surface area (TPSA) is 119 Å². The Hall–Kier alpha value is -3.42. The first-order chi connectivity index (χ1) is 19.8. The van der Waals surface area contributed by atoms with Crippen LogP contribution < -0.4 is 10.2 Å². The van der Waals surface area contributed by atoms with Gasteiger partial charge in [0.1, 0.15) is 5.82 Å². The lowest BCUT2D eigenvalue weighted by molar-refractivity contribution is -0.192. The second kappa shape index (κ2) is 14.7. The van der Waals surface area contributed by atoms with Gasteiger partial charge in [0.15, 0.2) is 0 Å². The number of benzene rings is 2. The van der Waals surface area contributed by atoms with Crippen molar-refractivity contribution in [3.63, 3.8) is 0 Å². The van der Waals surface area contributed by atoms with E-state index in [9.17, 15) is 32.3 Å². The van der Waals surface area contributed by atoms with Crippen LogP contribution in [0.4, 0.5) is 23.2 Å². The van der Waals surface area contributed by atoms with Crippen molar-refractivity contribution in [2.75, 3.05) is 37.7 Å². The molecule has 230 valence electrons. The van der Waals surface area contributed by atoms with Crippen molar-refractivity contribution in [3.05, 3.63) is 64.4 Å². The summed E-state index contributed by atoms with van der Waals surface area (Å²) in [4.78, 5) is 37.4. The summed E-state index contributed by atoms with van der Waals surface area (Å²) in [6.07, 6.45) is -4.12. The maximum atomic E-state index is 14.0. The van der Waals surface area contributed by atoms with Gasteiger partial charge in [-0.3, -0.25) is 9.59 Å². The van der Waals surface area contributed by atoms with Gasteiger partial charge < -0.3 is 30.1 Å². The van der Waals surface area contributed by atoms with Gasteiger partial charge >= 0.3 is 18.1 Å². The van der Waals surface area contributed by atoms with E-state index >= 15 is 0 Å². The SMILES string of the molecule is CCOC(=O)Cc1ccc(F)cc1N1CC(NC2CCN(C(=O)c3ccc(Cl)cc3)CC2)[C@H](O)C1.O=C(O)C(F)(F)F. The number of carbonyl (C=O) groups is 3. The highest BCUT2D eigenvalue weighted by atomic mass is 35.5. The van der Waals surface area contributed by atoms with Crippen molar-refractivity contribution in [2.45, 2.75) is 50.6 Å². The Morgan fingerprint density at radius 1 is 1.07 bits per heavy atom. The number of ether oxygens (including phenoxy) is 1. The van der Waals surface area contributed by atoms with Crippen molar-refractivity contribution >= 4 is 35.1 Å². The number of aliphatic carboxylic acids is 1. The number of anilines is 1. The van der Waals surface area contributed by atoms with Crippen LogP contribution >= 0.6 is 11.6 Å². The Balaban J connectivity index is 0.000000616. The number of carbonyl (C=O) groups excluding carboxylic acids is 2. The summed E-state index contributed by atoms with van der Waals surface area (Å²) >= 11 is 5.92. The molecule has 0 saturated carbocycles. The van der Waals surface area contributed by atoms with Gasteiger partial charge in [-0.1, -0.05) is 17.7 Å². The molecule has 1 amide bonds. The van der Waals surface area contributed by atoms with E-state index in [0.29, 0.717) is 48.0 Å². The Bertz CT molecular complexity index is 1240. The Labute approximate surface area is 245 Å². The molecule has 0 bridgehead atoms.